The van der Waals surface area contributed by atoms with Crippen molar-refractivity contribution < 1.29 is 50.4 Å². The number of fused-ring (bicyclic) bond motifs is 2. The van der Waals surface area contributed by atoms with Crippen LogP contribution in [0.2, 0.25) is 0 Å². The van der Waals surface area contributed by atoms with E-state index in [1.165, 1.54) is 0 Å². The van der Waals surface area contributed by atoms with Crippen LogP contribution in [0, 0.1) is 0 Å². The Morgan fingerprint density at radius 1 is 0.867 bits per heavy atom. The topological polar surface area (TPSA) is 81.5 Å². The molecule has 0 fully saturated rings. The first-order chi connectivity index (χ1) is 13.7. The first-order valence-electron chi connectivity index (χ1n) is 8.61. The van der Waals surface area contributed by atoms with Gasteiger partial charge in [-0.15, -0.1) is 0 Å². The predicted molar refractivity (Wildman–Crippen MR) is 115 cm³/mol. The van der Waals surface area contributed by atoms with Gasteiger partial charge in [0.05, 0.1) is 37.6 Å². The maximum absolute atomic E-state index is 10.5. The van der Waals surface area contributed by atoms with E-state index in [-0.39, 0.29) is 46.0 Å². The number of ether oxygens (including phenoxy) is 2. The first kappa shape index (κ1) is 25.6. The number of aldehydes is 1. The molecule has 6 nitrogen and oxygen atoms in total. The summed E-state index contributed by atoms with van der Waals surface area (Å²) >= 11 is 0. The van der Waals surface area contributed by atoms with Crippen LogP contribution in [0.4, 0.5) is 0 Å². The van der Waals surface area contributed by atoms with Gasteiger partial charge in [-0.25, -0.2) is 4.98 Å². The number of methoxy groups -OCH3 is 2. The van der Waals surface area contributed by atoms with E-state index >= 15 is 0 Å². The Morgan fingerprint density at radius 2 is 1.40 bits per heavy atom. The van der Waals surface area contributed by atoms with Crippen molar-refractivity contribution in [2.24, 2.45) is 0 Å². The number of carbonyl (C=O) groups is 1. The van der Waals surface area contributed by atoms with E-state index in [0.29, 0.717) is 11.4 Å². The maximum Gasteiger partial charge on any atom is 1.00 e. The summed E-state index contributed by atoms with van der Waals surface area (Å²) in [5, 5.41) is 10.9. The van der Waals surface area contributed by atoms with Gasteiger partial charge in [0.2, 0.25) is 0 Å². The van der Waals surface area contributed by atoms with Gasteiger partial charge in [0.25, 0.3) is 0 Å². The van der Waals surface area contributed by atoms with Crippen LogP contribution >= 0.6 is 0 Å². The third kappa shape index (κ3) is 6.27. The minimum absolute atomic E-state index is 0. The predicted octanol–water partition coefficient (Wildman–Crippen LogP) is 0.527. The Morgan fingerprint density at radius 3 is 1.90 bits per heavy atom. The molecule has 4 aromatic rings. The number of pyridine rings is 2. The molecular formula is C22H21BN2NaO4. The van der Waals surface area contributed by atoms with Gasteiger partial charge >= 0.3 is 29.6 Å². The van der Waals surface area contributed by atoms with Gasteiger partial charge < -0.3 is 16.0 Å². The molecule has 4 rings (SSSR count). The average Bonchev–Trinajstić information content (AvgIpc) is 2.77. The first-order valence-corrected chi connectivity index (χ1v) is 8.61. The zero-order chi connectivity index (χ0) is 19.9. The summed E-state index contributed by atoms with van der Waals surface area (Å²) in [4.78, 5) is 18.9. The van der Waals surface area contributed by atoms with Gasteiger partial charge in [0.15, 0.2) is 6.29 Å². The van der Waals surface area contributed by atoms with Crippen molar-refractivity contribution in [1.82, 2.24) is 9.97 Å². The molecule has 2 heterocycles. The Hall–Kier alpha value is -2.45. The van der Waals surface area contributed by atoms with Crippen LogP contribution in [0.3, 0.4) is 0 Å². The summed E-state index contributed by atoms with van der Waals surface area (Å²) in [5.41, 5.74) is 2.80. The molecule has 0 saturated heterocycles. The van der Waals surface area contributed by atoms with E-state index in [1.807, 2.05) is 54.6 Å². The molecule has 2 aromatic heterocycles. The molecule has 147 valence electrons. The van der Waals surface area contributed by atoms with Crippen LogP contribution < -0.4 is 39.0 Å². The summed E-state index contributed by atoms with van der Waals surface area (Å²) in [6.45, 7) is -0.0258. The second kappa shape index (κ2) is 12.3. The van der Waals surface area contributed by atoms with Crippen LogP contribution in [0.1, 0.15) is 17.6 Å². The van der Waals surface area contributed by atoms with Gasteiger partial charge in [0.1, 0.15) is 17.2 Å². The second-order valence-electron chi connectivity index (χ2n) is 5.93. The van der Waals surface area contributed by atoms with E-state index in [1.54, 1.807) is 20.3 Å². The third-order valence-corrected chi connectivity index (χ3v) is 4.15. The third-order valence-electron chi connectivity index (χ3n) is 4.15. The van der Waals surface area contributed by atoms with Crippen molar-refractivity contribution >= 4 is 36.5 Å². The molecule has 0 aliphatic heterocycles. The number of benzene rings is 2. The molecule has 0 atom stereocenters. The number of hydrogen-bond acceptors (Lipinski definition) is 6. The normalized spacial score (nSPS) is 9.57. The van der Waals surface area contributed by atoms with E-state index < -0.39 is 0 Å². The number of hydrogen-bond donors (Lipinski definition) is 1. The molecule has 1 N–H and O–H groups in total. The largest absolute Gasteiger partial charge is 1.00 e. The monoisotopic (exact) mass is 411 g/mol. The van der Waals surface area contributed by atoms with Crippen LogP contribution in [-0.4, -0.2) is 44.0 Å². The van der Waals surface area contributed by atoms with Crippen molar-refractivity contribution in [3.8, 4) is 11.5 Å². The zero-order valence-electron chi connectivity index (χ0n) is 18.2. The number of carbonyl (C=O) groups excluding carboxylic acids is 1. The minimum atomic E-state index is -0.0258. The fraction of sp³-hybridized carbons (Fsp3) is 0.136. The molecule has 0 bridgehead atoms. The fourth-order valence-electron chi connectivity index (χ4n) is 2.67. The molecule has 8 heteroatoms. The molecule has 0 amide bonds. The zero-order valence-corrected chi connectivity index (χ0v) is 19.2. The number of rotatable bonds is 4. The summed E-state index contributed by atoms with van der Waals surface area (Å²) in [7, 11) is 3.26. The van der Waals surface area contributed by atoms with E-state index in [2.05, 4.69) is 9.97 Å². The fourth-order valence-corrected chi connectivity index (χ4v) is 2.67. The number of aromatic nitrogens is 2. The van der Waals surface area contributed by atoms with Crippen molar-refractivity contribution in [2.75, 3.05) is 14.2 Å². The second-order valence-corrected chi connectivity index (χ2v) is 5.93. The van der Waals surface area contributed by atoms with Gasteiger partial charge in [-0.2, -0.15) is 0 Å². The molecule has 0 saturated carbocycles. The number of aliphatic hydroxyl groups excluding tert-OH is 1. The molecule has 0 aliphatic rings. The molecule has 30 heavy (non-hydrogen) atoms. The van der Waals surface area contributed by atoms with E-state index in [0.717, 1.165) is 39.6 Å². The summed E-state index contributed by atoms with van der Waals surface area (Å²) in [5.74, 6) is 1.61. The van der Waals surface area contributed by atoms with E-state index in [4.69, 9.17) is 14.6 Å². The Bertz CT molecular complexity index is 1090. The number of nitrogens with zero attached hydrogens (tertiary/aromatic N) is 2. The summed E-state index contributed by atoms with van der Waals surface area (Å²) in [6, 6.07) is 18.5. The minimum Gasteiger partial charge on any atom is -1.00 e. The van der Waals surface area contributed by atoms with Crippen LogP contribution in [0.5, 0.6) is 11.5 Å². The molecular weight excluding hydrogens is 390 g/mol. The van der Waals surface area contributed by atoms with Gasteiger partial charge in [-0.05, 0) is 48.5 Å². The Balaban J connectivity index is 0.000000529. The summed E-state index contributed by atoms with van der Waals surface area (Å²) in [6.07, 6.45) is 0.740. The van der Waals surface area contributed by atoms with Crippen LogP contribution in [0.15, 0.2) is 60.7 Å². The van der Waals surface area contributed by atoms with Gasteiger partial charge in [-0.1, -0.05) is 12.1 Å². The molecule has 0 spiro atoms. The Labute approximate surface area is 200 Å². The molecule has 0 unspecified atom stereocenters. The smallest absolute Gasteiger partial charge is 1.00 e. The summed E-state index contributed by atoms with van der Waals surface area (Å²) < 4.78 is 10.2. The molecule has 0 aliphatic carbocycles. The SMILES string of the molecule is COc1ccc2nc(C=O)ccc2c1.COc1ccc2nc(CO)ccc2c1.[B].[H-].[Na+]. The van der Waals surface area contributed by atoms with Crippen molar-refractivity contribution in [3.63, 3.8) is 0 Å². The maximum atomic E-state index is 10.5. The van der Waals surface area contributed by atoms with Crippen molar-refractivity contribution in [1.29, 1.82) is 0 Å². The van der Waals surface area contributed by atoms with Crippen molar-refractivity contribution in [3.05, 3.63) is 72.1 Å². The quantitative estimate of drug-likeness (QED) is 0.390. The van der Waals surface area contributed by atoms with Crippen LogP contribution in [0.25, 0.3) is 21.8 Å². The number of aliphatic hydroxyl groups is 1. The van der Waals surface area contributed by atoms with Crippen molar-refractivity contribution in [2.45, 2.75) is 6.61 Å². The standard InChI is InChI=1S/C11H11NO2.C11H9NO2.B.Na.H/c2*1-14-10-4-5-11-8(6-10)2-3-9(7-13)12-11;;;/h2-6,13H,7H2,1H3;2-7H,1H3;;;/q;;;+1;-1. The molecule has 3 radical (unpaired) electrons. The van der Waals surface area contributed by atoms with Gasteiger partial charge in [0, 0.05) is 19.2 Å². The van der Waals surface area contributed by atoms with Crippen LogP contribution in [-0.2, 0) is 6.61 Å². The average molecular weight is 411 g/mol. The van der Waals surface area contributed by atoms with Gasteiger partial charge in [-0.3, -0.25) is 9.78 Å². The van der Waals surface area contributed by atoms with E-state index in [9.17, 15) is 4.79 Å². The molecule has 2 aromatic carbocycles. The Kier molecular flexibility index (Phi) is 10.5.